The number of imidazole rings is 1. The molecule has 0 unspecified atom stereocenters. The summed E-state index contributed by atoms with van der Waals surface area (Å²) in [5.41, 5.74) is 3.21. The number of benzene rings is 2. The molecule has 0 radical (unpaired) electrons. The van der Waals surface area contributed by atoms with E-state index in [0.29, 0.717) is 0 Å². The van der Waals surface area contributed by atoms with E-state index in [1.54, 1.807) is 0 Å². The van der Waals surface area contributed by atoms with Gasteiger partial charge in [-0.3, -0.25) is 0 Å². The van der Waals surface area contributed by atoms with Crippen LogP contribution in [0.25, 0.3) is 23.2 Å². The second-order valence-electron chi connectivity index (χ2n) is 4.74. The van der Waals surface area contributed by atoms with Crippen LogP contribution in [0.5, 0.6) is 0 Å². The number of nitrogens with zero attached hydrogens (tertiary/aromatic N) is 2. The van der Waals surface area contributed by atoms with Gasteiger partial charge in [0.2, 0.25) is 0 Å². The standard InChI is InChI=1S/C18H15ClN2.ClH/c1-2-13-21-17-6-4-3-5-16(17)20-18(21)12-9-14-7-10-15(19)11-8-14;/h2-12H,1,13H2;1H/b12-9+;. The summed E-state index contributed by atoms with van der Waals surface area (Å²) < 4.78 is 2.15. The molecule has 22 heavy (non-hydrogen) atoms. The second-order valence-corrected chi connectivity index (χ2v) is 5.18. The zero-order chi connectivity index (χ0) is 14.7. The van der Waals surface area contributed by atoms with E-state index in [1.807, 2.05) is 60.7 Å². The Morgan fingerprint density at radius 1 is 1.05 bits per heavy atom. The van der Waals surface area contributed by atoms with Crippen LogP contribution in [0.4, 0.5) is 0 Å². The molecule has 3 rings (SSSR count). The highest BCUT2D eigenvalue weighted by Gasteiger charge is 2.06. The number of para-hydroxylation sites is 2. The lowest BCUT2D eigenvalue weighted by molar-refractivity contribution is 0.839. The molecule has 2 aromatic carbocycles. The molecule has 0 N–H and O–H groups in total. The fraction of sp³-hybridized carbons (Fsp3) is 0.0556. The molecule has 3 aromatic rings. The van der Waals surface area contributed by atoms with Crippen LogP contribution in [-0.4, -0.2) is 9.55 Å². The minimum absolute atomic E-state index is 0. The van der Waals surface area contributed by atoms with Crippen LogP contribution in [-0.2, 0) is 6.54 Å². The van der Waals surface area contributed by atoms with Crippen molar-refractivity contribution in [3.8, 4) is 0 Å². The maximum Gasteiger partial charge on any atom is 0.134 e. The molecule has 2 nitrogen and oxygen atoms in total. The lowest BCUT2D eigenvalue weighted by Crippen LogP contribution is -1.97. The Morgan fingerprint density at radius 2 is 1.77 bits per heavy atom. The van der Waals surface area contributed by atoms with Crippen molar-refractivity contribution in [2.45, 2.75) is 6.54 Å². The molecular weight excluding hydrogens is 315 g/mol. The van der Waals surface area contributed by atoms with Crippen LogP contribution in [0.1, 0.15) is 11.4 Å². The Hall–Kier alpha value is -2.03. The number of hydrogen-bond acceptors (Lipinski definition) is 1. The molecule has 0 fully saturated rings. The fourth-order valence-corrected chi connectivity index (χ4v) is 2.41. The van der Waals surface area contributed by atoms with Crippen LogP contribution in [0.15, 0.2) is 61.2 Å². The van der Waals surface area contributed by atoms with Gasteiger partial charge in [0, 0.05) is 11.6 Å². The molecule has 1 heterocycles. The monoisotopic (exact) mass is 330 g/mol. The third kappa shape index (κ3) is 3.41. The van der Waals surface area contributed by atoms with Crippen molar-refractivity contribution in [3.05, 3.63) is 77.6 Å². The van der Waals surface area contributed by atoms with Crippen LogP contribution >= 0.6 is 24.0 Å². The largest absolute Gasteiger partial charge is 0.321 e. The first-order valence-electron chi connectivity index (χ1n) is 6.78. The highest BCUT2D eigenvalue weighted by molar-refractivity contribution is 6.30. The molecule has 0 aliphatic carbocycles. The van der Waals surface area contributed by atoms with Crippen LogP contribution in [0.3, 0.4) is 0 Å². The molecule has 1 aromatic heterocycles. The third-order valence-corrected chi connectivity index (χ3v) is 3.54. The van der Waals surface area contributed by atoms with Crippen molar-refractivity contribution < 1.29 is 0 Å². The van der Waals surface area contributed by atoms with E-state index in [0.717, 1.165) is 34.0 Å². The van der Waals surface area contributed by atoms with Crippen molar-refractivity contribution in [1.29, 1.82) is 0 Å². The van der Waals surface area contributed by atoms with Gasteiger partial charge in [0.15, 0.2) is 0 Å². The summed E-state index contributed by atoms with van der Waals surface area (Å²) in [5.74, 6) is 0.922. The van der Waals surface area contributed by atoms with Gasteiger partial charge in [0.1, 0.15) is 5.82 Å². The first kappa shape index (κ1) is 16.3. The molecule has 112 valence electrons. The zero-order valence-corrected chi connectivity index (χ0v) is 13.5. The van der Waals surface area contributed by atoms with Gasteiger partial charge in [-0.15, -0.1) is 19.0 Å². The summed E-state index contributed by atoms with van der Waals surface area (Å²) in [4.78, 5) is 4.67. The normalized spacial score (nSPS) is 10.8. The first-order valence-corrected chi connectivity index (χ1v) is 7.15. The molecule has 0 amide bonds. The van der Waals surface area contributed by atoms with E-state index in [-0.39, 0.29) is 12.4 Å². The van der Waals surface area contributed by atoms with Gasteiger partial charge in [-0.2, -0.15) is 0 Å². The molecule has 0 aliphatic rings. The predicted molar refractivity (Wildman–Crippen MR) is 97.6 cm³/mol. The Labute approximate surface area is 141 Å². The van der Waals surface area contributed by atoms with Crippen LogP contribution in [0, 0.1) is 0 Å². The minimum Gasteiger partial charge on any atom is -0.321 e. The predicted octanol–water partition coefficient (Wildman–Crippen LogP) is 5.47. The van der Waals surface area contributed by atoms with Crippen molar-refractivity contribution in [2.24, 2.45) is 0 Å². The molecule has 0 bridgehead atoms. The molecule has 0 saturated heterocycles. The number of allylic oxidation sites excluding steroid dienone is 1. The van der Waals surface area contributed by atoms with Crippen molar-refractivity contribution in [2.75, 3.05) is 0 Å². The average molecular weight is 331 g/mol. The summed E-state index contributed by atoms with van der Waals surface area (Å²) in [6, 6.07) is 15.9. The van der Waals surface area contributed by atoms with Crippen molar-refractivity contribution in [1.82, 2.24) is 9.55 Å². The molecular formula is C18H16Cl2N2. The maximum absolute atomic E-state index is 5.90. The molecule has 0 saturated carbocycles. The van der Waals surface area contributed by atoms with E-state index in [9.17, 15) is 0 Å². The lowest BCUT2D eigenvalue weighted by Gasteiger charge is -2.02. The van der Waals surface area contributed by atoms with E-state index < -0.39 is 0 Å². The van der Waals surface area contributed by atoms with E-state index >= 15 is 0 Å². The molecule has 0 atom stereocenters. The van der Waals surface area contributed by atoms with Crippen LogP contribution in [0.2, 0.25) is 5.02 Å². The summed E-state index contributed by atoms with van der Waals surface area (Å²) in [6.45, 7) is 4.56. The summed E-state index contributed by atoms with van der Waals surface area (Å²) in [6.07, 6.45) is 5.94. The Morgan fingerprint density at radius 3 is 2.50 bits per heavy atom. The van der Waals surface area contributed by atoms with Gasteiger partial charge in [0.05, 0.1) is 11.0 Å². The van der Waals surface area contributed by atoms with E-state index in [4.69, 9.17) is 11.6 Å². The summed E-state index contributed by atoms with van der Waals surface area (Å²) in [7, 11) is 0. The van der Waals surface area contributed by atoms with Crippen LogP contribution < -0.4 is 0 Å². The van der Waals surface area contributed by atoms with E-state index in [2.05, 4.69) is 22.2 Å². The average Bonchev–Trinajstić information content (AvgIpc) is 2.85. The number of rotatable bonds is 4. The van der Waals surface area contributed by atoms with Crippen molar-refractivity contribution in [3.63, 3.8) is 0 Å². The Balaban J connectivity index is 0.00000176. The zero-order valence-electron chi connectivity index (χ0n) is 11.9. The quantitative estimate of drug-likeness (QED) is 0.580. The number of aromatic nitrogens is 2. The second kappa shape index (κ2) is 7.30. The van der Waals surface area contributed by atoms with Gasteiger partial charge >= 0.3 is 0 Å². The number of halogens is 2. The lowest BCUT2D eigenvalue weighted by atomic mass is 10.2. The van der Waals surface area contributed by atoms with Gasteiger partial charge in [-0.25, -0.2) is 4.98 Å². The van der Waals surface area contributed by atoms with Gasteiger partial charge in [-0.05, 0) is 35.9 Å². The summed E-state index contributed by atoms with van der Waals surface area (Å²) >= 11 is 5.90. The topological polar surface area (TPSA) is 17.8 Å². The molecule has 0 aliphatic heterocycles. The third-order valence-electron chi connectivity index (χ3n) is 3.29. The number of hydrogen-bond donors (Lipinski definition) is 0. The highest BCUT2D eigenvalue weighted by Crippen LogP contribution is 2.18. The molecule has 0 spiro atoms. The maximum atomic E-state index is 5.90. The minimum atomic E-state index is 0. The Bertz CT molecular complexity index is 802. The smallest absolute Gasteiger partial charge is 0.134 e. The van der Waals surface area contributed by atoms with Gasteiger partial charge < -0.3 is 4.57 Å². The highest BCUT2D eigenvalue weighted by atomic mass is 35.5. The first-order chi connectivity index (χ1) is 10.3. The summed E-state index contributed by atoms with van der Waals surface area (Å²) in [5, 5.41) is 0.742. The van der Waals surface area contributed by atoms with Gasteiger partial charge in [-0.1, -0.05) is 48.0 Å². The molecule has 4 heteroatoms. The van der Waals surface area contributed by atoms with Crippen molar-refractivity contribution >= 4 is 47.2 Å². The SMILES string of the molecule is C=CCn1c(/C=C/c2ccc(Cl)cc2)nc2ccccc21.Cl. The fourth-order valence-electron chi connectivity index (χ4n) is 2.29. The van der Waals surface area contributed by atoms with E-state index in [1.165, 1.54) is 0 Å². The Kier molecular flexibility index (Phi) is 5.42. The van der Waals surface area contributed by atoms with Gasteiger partial charge in [0.25, 0.3) is 0 Å². The number of fused-ring (bicyclic) bond motifs is 1.